The molecule has 0 spiro atoms. The van der Waals surface area contributed by atoms with Gasteiger partial charge >= 0.3 is 5.97 Å². The molecule has 25 heavy (non-hydrogen) atoms. The third-order valence-corrected chi connectivity index (χ3v) is 4.69. The molecule has 1 heterocycles. The van der Waals surface area contributed by atoms with Crippen molar-refractivity contribution >= 4 is 11.9 Å². The molecule has 1 amide bonds. The highest BCUT2D eigenvalue weighted by atomic mass is 16.5. The number of rotatable bonds is 15. The van der Waals surface area contributed by atoms with Gasteiger partial charge in [0.25, 0.3) is 0 Å². The summed E-state index contributed by atoms with van der Waals surface area (Å²) < 4.78 is 5.22. The molecule has 144 valence electrons. The van der Waals surface area contributed by atoms with E-state index in [9.17, 15) is 9.59 Å². The van der Waals surface area contributed by atoms with Gasteiger partial charge in [-0.05, 0) is 32.1 Å². The van der Waals surface area contributed by atoms with Crippen LogP contribution in [0.1, 0.15) is 96.8 Å². The molecule has 0 aromatic rings. The maximum atomic E-state index is 11.7. The van der Waals surface area contributed by atoms with E-state index in [4.69, 9.17) is 4.74 Å². The molecule has 1 fully saturated rings. The number of nitrogens with one attached hydrogen (secondary N) is 1. The zero-order valence-electron chi connectivity index (χ0n) is 16.1. The van der Waals surface area contributed by atoms with E-state index in [1.807, 2.05) is 0 Å². The topological polar surface area (TPSA) is 55.4 Å². The Morgan fingerprint density at radius 1 is 1.00 bits per heavy atom. The minimum Gasteiger partial charge on any atom is -0.464 e. The fourth-order valence-corrected chi connectivity index (χ4v) is 3.13. The summed E-state index contributed by atoms with van der Waals surface area (Å²) in [6, 6.07) is -0.407. The van der Waals surface area contributed by atoms with Gasteiger partial charge in [-0.1, -0.05) is 70.4 Å². The Morgan fingerprint density at radius 3 is 2.16 bits per heavy atom. The van der Waals surface area contributed by atoms with Crippen LogP contribution in [-0.2, 0) is 14.3 Å². The van der Waals surface area contributed by atoms with Crippen LogP contribution in [0.3, 0.4) is 0 Å². The Morgan fingerprint density at radius 2 is 1.60 bits per heavy atom. The number of ether oxygens (including phenoxy) is 1. The van der Waals surface area contributed by atoms with Gasteiger partial charge in [0.15, 0.2) is 0 Å². The minimum absolute atomic E-state index is 0.0460. The molecule has 1 atom stereocenters. The quantitative estimate of drug-likeness (QED) is 0.255. The third-order valence-electron chi connectivity index (χ3n) is 4.69. The van der Waals surface area contributed by atoms with Gasteiger partial charge in [-0.15, -0.1) is 0 Å². The van der Waals surface area contributed by atoms with E-state index in [1.165, 1.54) is 57.8 Å². The first kappa shape index (κ1) is 21.7. The summed E-state index contributed by atoms with van der Waals surface area (Å²) in [5, 5.41) is 2.64. The van der Waals surface area contributed by atoms with Crippen LogP contribution >= 0.6 is 0 Å². The molecule has 4 heteroatoms. The number of carbonyl (C=O) groups excluding carboxylic acids is 2. The van der Waals surface area contributed by atoms with Crippen molar-refractivity contribution < 1.29 is 14.3 Å². The average Bonchev–Trinajstić information content (AvgIpc) is 3.04. The van der Waals surface area contributed by atoms with Crippen molar-refractivity contribution in [2.24, 2.45) is 0 Å². The number of esters is 1. The zero-order chi connectivity index (χ0) is 18.2. The number of hydrogen-bond donors (Lipinski definition) is 1. The second-order valence-electron chi connectivity index (χ2n) is 7.03. The summed E-state index contributed by atoms with van der Waals surface area (Å²) in [5.41, 5.74) is 0. The monoisotopic (exact) mass is 351 g/mol. The molecule has 0 bridgehead atoms. The number of allylic oxidation sites excluding steroid dienone is 2. The highest BCUT2D eigenvalue weighted by Crippen LogP contribution is 2.12. The molecular formula is C21H37NO3. The molecule has 1 saturated heterocycles. The van der Waals surface area contributed by atoms with Crippen LogP contribution in [-0.4, -0.2) is 24.5 Å². The van der Waals surface area contributed by atoms with E-state index in [-0.39, 0.29) is 11.9 Å². The van der Waals surface area contributed by atoms with Gasteiger partial charge in [-0.2, -0.15) is 0 Å². The second kappa shape index (κ2) is 15.0. The van der Waals surface area contributed by atoms with Crippen LogP contribution in [0.2, 0.25) is 0 Å². The van der Waals surface area contributed by atoms with Crippen molar-refractivity contribution in [3.05, 3.63) is 12.2 Å². The normalized spacial score (nSPS) is 17.2. The highest BCUT2D eigenvalue weighted by Gasteiger charge is 2.28. The largest absolute Gasteiger partial charge is 0.464 e. The maximum Gasteiger partial charge on any atom is 0.328 e. The van der Waals surface area contributed by atoms with Crippen LogP contribution in [0, 0.1) is 0 Å². The summed E-state index contributed by atoms with van der Waals surface area (Å²) in [4.78, 5) is 22.7. The Labute approximate surface area is 153 Å². The van der Waals surface area contributed by atoms with Crippen molar-refractivity contribution in [2.75, 3.05) is 6.61 Å². The summed E-state index contributed by atoms with van der Waals surface area (Å²) in [6.07, 6.45) is 20.6. The molecule has 1 aliphatic heterocycles. The number of amides is 1. The maximum absolute atomic E-state index is 11.7. The fraction of sp³-hybridized carbons (Fsp3) is 0.810. The van der Waals surface area contributed by atoms with Gasteiger partial charge in [-0.3, -0.25) is 4.79 Å². The summed E-state index contributed by atoms with van der Waals surface area (Å²) in [6.45, 7) is 2.66. The van der Waals surface area contributed by atoms with E-state index in [0.717, 1.165) is 19.3 Å². The lowest BCUT2D eigenvalue weighted by molar-refractivity contribution is -0.146. The number of unbranched alkanes of at least 4 members (excludes halogenated alkanes) is 10. The average molecular weight is 352 g/mol. The standard InChI is InChI=1S/C21H37NO3/c1-2-3-4-5-6-7-8-9-10-11-12-13-14-15-18-25-21(24)19-16-17-20(23)22-19/h3-4,19H,2,5-18H2,1H3,(H,22,23)/b4-3+/t19-/m0/s1. The van der Waals surface area contributed by atoms with Crippen LogP contribution in [0.4, 0.5) is 0 Å². The number of hydrogen-bond acceptors (Lipinski definition) is 3. The summed E-state index contributed by atoms with van der Waals surface area (Å²) in [5.74, 6) is -0.314. The van der Waals surface area contributed by atoms with E-state index in [1.54, 1.807) is 0 Å². The van der Waals surface area contributed by atoms with Crippen molar-refractivity contribution in [1.82, 2.24) is 5.32 Å². The van der Waals surface area contributed by atoms with Crippen LogP contribution < -0.4 is 5.32 Å². The van der Waals surface area contributed by atoms with Crippen LogP contribution in [0.5, 0.6) is 0 Å². The Balaban J connectivity index is 1.76. The molecule has 1 N–H and O–H groups in total. The molecule has 0 unspecified atom stereocenters. The molecule has 0 aromatic carbocycles. The molecule has 0 aliphatic carbocycles. The first-order chi connectivity index (χ1) is 12.2. The van der Waals surface area contributed by atoms with E-state index in [0.29, 0.717) is 19.4 Å². The lowest BCUT2D eigenvalue weighted by atomic mass is 10.1. The highest BCUT2D eigenvalue weighted by molar-refractivity contribution is 5.87. The van der Waals surface area contributed by atoms with Gasteiger partial charge in [0.2, 0.25) is 5.91 Å². The molecule has 1 rings (SSSR count). The molecule has 1 aliphatic rings. The van der Waals surface area contributed by atoms with Gasteiger partial charge in [0.1, 0.15) is 6.04 Å². The van der Waals surface area contributed by atoms with Crippen molar-refractivity contribution in [1.29, 1.82) is 0 Å². The Bertz CT molecular complexity index is 393. The molecule has 0 aromatic heterocycles. The number of carbonyl (C=O) groups is 2. The van der Waals surface area contributed by atoms with E-state index >= 15 is 0 Å². The van der Waals surface area contributed by atoms with Crippen LogP contribution in [0.15, 0.2) is 12.2 Å². The van der Waals surface area contributed by atoms with E-state index < -0.39 is 6.04 Å². The van der Waals surface area contributed by atoms with Gasteiger partial charge in [0.05, 0.1) is 6.61 Å². The predicted molar refractivity (Wildman–Crippen MR) is 102 cm³/mol. The summed E-state index contributed by atoms with van der Waals surface area (Å²) in [7, 11) is 0. The van der Waals surface area contributed by atoms with Gasteiger partial charge < -0.3 is 10.1 Å². The fourth-order valence-electron chi connectivity index (χ4n) is 3.13. The minimum atomic E-state index is -0.407. The third kappa shape index (κ3) is 11.8. The first-order valence-corrected chi connectivity index (χ1v) is 10.3. The summed E-state index contributed by atoms with van der Waals surface area (Å²) >= 11 is 0. The van der Waals surface area contributed by atoms with Crippen LogP contribution in [0.25, 0.3) is 0 Å². The van der Waals surface area contributed by atoms with E-state index in [2.05, 4.69) is 24.4 Å². The van der Waals surface area contributed by atoms with Crippen molar-refractivity contribution in [2.45, 2.75) is 103 Å². The zero-order valence-corrected chi connectivity index (χ0v) is 16.1. The predicted octanol–water partition coefficient (Wildman–Crippen LogP) is 5.07. The van der Waals surface area contributed by atoms with Crippen molar-refractivity contribution in [3.8, 4) is 0 Å². The van der Waals surface area contributed by atoms with Gasteiger partial charge in [0, 0.05) is 6.42 Å². The Kier molecular flexibility index (Phi) is 13.0. The lowest BCUT2D eigenvalue weighted by Gasteiger charge is -2.09. The first-order valence-electron chi connectivity index (χ1n) is 10.3. The Hall–Kier alpha value is -1.32. The SMILES string of the molecule is CC/C=C/CCCCCCCCCCCCOC(=O)[C@@H]1CCC(=O)N1. The second-order valence-corrected chi connectivity index (χ2v) is 7.03. The molecule has 0 saturated carbocycles. The smallest absolute Gasteiger partial charge is 0.328 e. The van der Waals surface area contributed by atoms with Crippen molar-refractivity contribution in [3.63, 3.8) is 0 Å². The molecule has 4 nitrogen and oxygen atoms in total. The van der Waals surface area contributed by atoms with Gasteiger partial charge in [-0.25, -0.2) is 4.79 Å². The molecular weight excluding hydrogens is 314 g/mol. The molecule has 0 radical (unpaired) electrons. The lowest BCUT2D eigenvalue weighted by Crippen LogP contribution is -2.34.